The van der Waals surface area contributed by atoms with Gasteiger partial charge in [0, 0.05) is 30.4 Å². The van der Waals surface area contributed by atoms with Crippen LogP contribution in [0, 0.1) is 6.92 Å². The summed E-state index contributed by atoms with van der Waals surface area (Å²) in [6.45, 7) is 2.03. The summed E-state index contributed by atoms with van der Waals surface area (Å²) in [6.07, 6.45) is 5.69. The first-order valence-corrected chi connectivity index (χ1v) is 11.3. The Hall–Kier alpha value is -3.91. The highest BCUT2D eigenvalue weighted by Crippen LogP contribution is 2.45. The summed E-state index contributed by atoms with van der Waals surface area (Å²) in [5.41, 5.74) is 3.83. The number of aromatic nitrogens is 3. The molecule has 1 aliphatic rings. The molecule has 1 aromatic carbocycles. The second-order valence-electron chi connectivity index (χ2n) is 8.03. The number of rotatable bonds is 6. The molecule has 0 aliphatic carbocycles. The lowest BCUT2D eigenvalue weighted by atomic mass is 10.0. The van der Waals surface area contributed by atoms with Crippen LogP contribution in [0.5, 0.6) is 11.5 Å². The van der Waals surface area contributed by atoms with Gasteiger partial charge in [-0.1, -0.05) is 12.1 Å². The molecule has 2 atom stereocenters. The van der Waals surface area contributed by atoms with Gasteiger partial charge in [0.05, 0.1) is 31.6 Å². The van der Waals surface area contributed by atoms with Crippen LogP contribution in [0.2, 0.25) is 0 Å². The van der Waals surface area contributed by atoms with Gasteiger partial charge in [-0.25, -0.2) is 4.98 Å². The van der Waals surface area contributed by atoms with Gasteiger partial charge in [0.1, 0.15) is 23.4 Å². The van der Waals surface area contributed by atoms with E-state index in [-0.39, 0.29) is 12.1 Å². The molecule has 1 fully saturated rings. The number of aryl methyl sites for hydroxylation is 1. The molecule has 8 heteroatoms. The minimum atomic E-state index is -0.221. The van der Waals surface area contributed by atoms with Crippen molar-refractivity contribution < 1.29 is 9.47 Å². The molecule has 0 bridgehead atoms. The van der Waals surface area contributed by atoms with E-state index >= 15 is 0 Å². The normalized spacial score (nSPS) is 17.5. The first-order valence-electron chi connectivity index (χ1n) is 10.9. The van der Waals surface area contributed by atoms with E-state index in [1.54, 1.807) is 20.4 Å². The maximum Gasteiger partial charge on any atom is 0.174 e. The van der Waals surface area contributed by atoms with Gasteiger partial charge in [0.25, 0.3) is 0 Å². The van der Waals surface area contributed by atoms with Crippen LogP contribution in [-0.2, 0) is 0 Å². The van der Waals surface area contributed by atoms with Gasteiger partial charge in [-0.15, -0.1) is 0 Å². The van der Waals surface area contributed by atoms with E-state index in [9.17, 15) is 0 Å². The van der Waals surface area contributed by atoms with E-state index in [2.05, 4.69) is 36.9 Å². The van der Waals surface area contributed by atoms with Crippen molar-refractivity contribution in [1.29, 1.82) is 0 Å². The van der Waals surface area contributed by atoms with Crippen LogP contribution in [0.4, 0.5) is 5.69 Å². The molecular weight excluding hydrogens is 446 g/mol. The second-order valence-corrected chi connectivity index (χ2v) is 8.42. The monoisotopic (exact) mass is 471 g/mol. The van der Waals surface area contributed by atoms with Crippen LogP contribution in [0.3, 0.4) is 0 Å². The maximum atomic E-state index is 5.88. The van der Waals surface area contributed by atoms with Crippen molar-refractivity contribution in [3.63, 3.8) is 0 Å². The van der Waals surface area contributed by atoms with Gasteiger partial charge in [-0.05, 0) is 67.2 Å². The van der Waals surface area contributed by atoms with Crippen molar-refractivity contribution in [2.75, 3.05) is 19.1 Å². The molecule has 0 radical (unpaired) electrons. The zero-order chi connectivity index (χ0) is 23.7. The van der Waals surface area contributed by atoms with Crippen LogP contribution < -0.4 is 19.7 Å². The summed E-state index contributed by atoms with van der Waals surface area (Å²) in [7, 11) is 3.30. The number of nitrogens with one attached hydrogen (secondary N) is 1. The molecule has 0 unspecified atom stereocenters. The molecule has 4 aromatic rings. The van der Waals surface area contributed by atoms with Crippen molar-refractivity contribution in [3.8, 4) is 17.3 Å². The van der Waals surface area contributed by atoms with Crippen LogP contribution in [0.15, 0.2) is 79.3 Å². The Morgan fingerprint density at radius 2 is 1.85 bits per heavy atom. The van der Waals surface area contributed by atoms with Crippen molar-refractivity contribution >= 4 is 23.0 Å². The number of ether oxygens (including phenoxy) is 2. The van der Waals surface area contributed by atoms with Crippen LogP contribution in [0.25, 0.3) is 5.82 Å². The van der Waals surface area contributed by atoms with Gasteiger partial charge in [0.15, 0.2) is 5.11 Å². The molecule has 0 spiro atoms. The van der Waals surface area contributed by atoms with Gasteiger partial charge in [-0.2, -0.15) is 0 Å². The first kappa shape index (κ1) is 21.9. The molecule has 1 aliphatic heterocycles. The highest BCUT2D eigenvalue weighted by molar-refractivity contribution is 7.80. The lowest BCUT2D eigenvalue weighted by Crippen LogP contribution is -2.30. The topological polar surface area (TPSA) is 64.4 Å². The van der Waals surface area contributed by atoms with E-state index < -0.39 is 0 Å². The molecule has 34 heavy (non-hydrogen) atoms. The van der Waals surface area contributed by atoms with Gasteiger partial charge in [-0.3, -0.25) is 4.98 Å². The zero-order valence-electron chi connectivity index (χ0n) is 19.2. The van der Waals surface area contributed by atoms with E-state index in [0.29, 0.717) is 16.6 Å². The average molecular weight is 472 g/mol. The van der Waals surface area contributed by atoms with Crippen LogP contribution >= 0.6 is 12.2 Å². The number of hydrogen-bond donors (Lipinski definition) is 1. The van der Waals surface area contributed by atoms with E-state index in [1.807, 2.05) is 67.8 Å². The predicted octanol–water partition coefficient (Wildman–Crippen LogP) is 4.77. The number of thiocarbonyl (C=S) groups is 1. The summed E-state index contributed by atoms with van der Waals surface area (Å²) in [6, 6.07) is 19.4. The number of hydrogen-bond acceptors (Lipinski definition) is 5. The van der Waals surface area contributed by atoms with Gasteiger partial charge >= 0.3 is 0 Å². The molecule has 5 rings (SSSR count). The van der Waals surface area contributed by atoms with Gasteiger partial charge in [0.2, 0.25) is 0 Å². The fourth-order valence-electron chi connectivity index (χ4n) is 4.35. The largest absolute Gasteiger partial charge is 0.497 e. The highest BCUT2D eigenvalue weighted by atomic mass is 32.1. The Labute approximate surface area is 204 Å². The summed E-state index contributed by atoms with van der Waals surface area (Å²) in [5.74, 6) is 2.25. The zero-order valence-corrected chi connectivity index (χ0v) is 20.0. The SMILES string of the molecule is COc1ccc(OC)c(N2C(=S)N[C@H](c3ccccn3)[C@H]2c2cccn2-c2ccc(C)cn2)c1. The van der Waals surface area contributed by atoms with Crippen molar-refractivity contribution in [3.05, 3.63) is 96.2 Å². The summed E-state index contributed by atoms with van der Waals surface area (Å²) < 4.78 is 13.3. The molecule has 7 nitrogen and oxygen atoms in total. The van der Waals surface area contributed by atoms with Crippen LogP contribution in [0.1, 0.15) is 29.0 Å². The van der Waals surface area contributed by atoms with E-state index in [0.717, 1.165) is 28.5 Å². The molecule has 0 saturated carbocycles. The summed E-state index contributed by atoms with van der Waals surface area (Å²) >= 11 is 5.88. The third kappa shape index (κ3) is 3.86. The first-order chi connectivity index (χ1) is 16.6. The number of anilines is 1. The van der Waals surface area contributed by atoms with E-state index in [4.69, 9.17) is 21.7 Å². The molecule has 172 valence electrons. The minimum Gasteiger partial charge on any atom is -0.497 e. The van der Waals surface area contributed by atoms with Crippen molar-refractivity contribution in [2.24, 2.45) is 0 Å². The van der Waals surface area contributed by atoms with Crippen molar-refractivity contribution in [2.45, 2.75) is 19.0 Å². The van der Waals surface area contributed by atoms with Crippen molar-refractivity contribution in [1.82, 2.24) is 19.9 Å². The minimum absolute atomic E-state index is 0.191. The second kappa shape index (κ2) is 9.15. The Kier molecular flexibility index (Phi) is 5.90. The third-order valence-corrected chi connectivity index (χ3v) is 6.28. The fraction of sp³-hybridized carbons (Fsp3) is 0.192. The third-order valence-electron chi connectivity index (χ3n) is 5.97. The van der Waals surface area contributed by atoms with Crippen LogP contribution in [-0.4, -0.2) is 33.9 Å². The Balaban J connectivity index is 1.70. The van der Waals surface area contributed by atoms with Gasteiger partial charge < -0.3 is 24.3 Å². The highest BCUT2D eigenvalue weighted by Gasteiger charge is 2.43. The molecular formula is C26H25N5O2S. The summed E-state index contributed by atoms with van der Waals surface area (Å²) in [4.78, 5) is 11.4. The predicted molar refractivity (Wildman–Crippen MR) is 136 cm³/mol. The Morgan fingerprint density at radius 1 is 0.971 bits per heavy atom. The summed E-state index contributed by atoms with van der Waals surface area (Å²) in [5, 5.41) is 4.08. The molecule has 1 saturated heterocycles. The fourth-order valence-corrected chi connectivity index (χ4v) is 4.68. The lowest BCUT2D eigenvalue weighted by Gasteiger charge is -2.30. The molecule has 0 amide bonds. The Bertz CT molecular complexity index is 1310. The van der Waals surface area contributed by atoms with E-state index in [1.165, 1.54) is 0 Å². The number of nitrogens with zero attached hydrogens (tertiary/aromatic N) is 4. The quantitative estimate of drug-likeness (QED) is 0.407. The Morgan fingerprint density at radius 3 is 2.56 bits per heavy atom. The molecule has 3 aromatic heterocycles. The lowest BCUT2D eigenvalue weighted by molar-refractivity contribution is 0.402. The number of pyridine rings is 2. The molecule has 4 heterocycles. The number of methoxy groups -OCH3 is 2. The standard InChI is InChI=1S/C26H25N5O2S/c1-17-9-12-23(28-16-17)30-14-6-8-20(30)25-24(19-7-4-5-13-27-19)29-26(34)31(25)21-15-18(32-2)10-11-22(21)33-3/h4-16,24-25H,1-3H3,(H,29,34)/t24-,25-/m1/s1. The smallest absolute Gasteiger partial charge is 0.174 e. The average Bonchev–Trinajstić information content (AvgIpc) is 3.49. The molecule has 1 N–H and O–H groups in total. The number of benzene rings is 1. The maximum absolute atomic E-state index is 5.88.